The van der Waals surface area contributed by atoms with E-state index in [2.05, 4.69) is 32.7 Å². The summed E-state index contributed by atoms with van der Waals surface area (Å²) in [4.78, 5) is 20.1. The maximum absolute atomic E-state index is 12.2. The average molecular weight is 278 g/mol. The number of fused-ring (bicyclic) bond motifs is 1. The summed E-state index contributed by atoms with van der Waals surface area (Å²) in [6, 6.07) is 0.538. The van der Waals surface area contributed by atoms with Gasteiger partial charge < -0.3 is 4.90 Å². The van der Waals surface area contributed by atoms with E-state index < -0.39 is 0 Å². The van der Waals surface area contributed by atoms with Crippen LogP contribution in [0.3, 0.4) is 0 Å². The second-order valence-electron chi connectivity index (χ2n) is 6.90. The van der Waals surface area contributed by atoms with Crippen molar-refractivity contribution in [3.8, 4) is 0 Å². The van der Waals surface area contributed by atoms with Gasteiger partial charge in [-0.05, 0) is 37.5 Å². The third-order valence-electron chi connectivity index (χ3n) is 4.44. The molecule has 1 saturated carbocycles. The van der Waals surface area contributed by atoms with Gasteiger partial charge in [0.25, 0.3) is 0 Å². The summed E-state index contributed by atoms with van der Waals surface area (Å²) in [5.41, 5.74) is 1.09. The highest BCUT2D eigenvalue weighted by molar-refractivity contribution is 7.17. The maximum atomic E-state index is 12.2. The first-order valence-corrected chi connectivity index (χ1v) is 7.95. The van der Waals surface area contributed by atoms with Crippen LogP contribution in [0.4, 0.5) is 5.13 Å². The van der Waals surface area contributed by atoms with Crippen LogP contribution in [-0.2, 0) is 6.42 Å². The molecule has 0 aromatic carbocycles. The number of Topliss-reactive ketones (excluding diaryl/α,β-unsaturated/α-hetero) is 1. The van der Waals surface area contributed by atoms with Crippen molar-refractivity contribution in [1.29, 1.82) is 0 Å². The fraction of sp³-hybridized carbons (Fsp3) is 0.733. The molecule has 1 unspecified atom stereocenters. The van der Waals surface area contributed by atoms with Crippen LogP contribution >= 0.6 is 11.3 Å². The van der Waals surface area contributed by atoms with Gasteiger partial charge in [0.2, 0.25) is 0 Å². The van der Waals surface area contributed by atoms with Crippen molar-refractivity contribution >= 4 is 22.3 Å². The molecule has 0 amide bonds. The molecule has 3 nitrogen and oxygen atoms in total. The van der Waals surface area contributed by atoms with E-state index in [9.17, 15) is 4.79 Å². The Balaban J connectivity index is 1.87. The average Bonchev–Trinajstić information content (AvgIpc) is 3.07. The summed E-state index contributed by atoms with van der Waals surface area (Å²) < 4.78 is 0. The lowest BCUT2D eigenvalue weighted by molar-refractivity contribution is 0.0916. The third kappa shape index (κ3) is 2.42. The van der Waals surface area contributed by atoms with Gasteiger partial charge in [0.1, 0.15) is 0 Å². The smallest absolute Gasteiger partial charge is 0.186 e. The zero-order valence-electron chi connectivity index (χ0n) is 12.2. The van der Waals surface area contributed by atoms with Gasteiger partial charge in [0.05, 0.1) is 10.6 Å². The predicted molar refractivity (Wildman–Crippen MR) is 79.1 cm³/mol. The summed E-state index contributed by atoms with van der Waals surface area (Å²) in [7, 11) is 2.11. The van der Waals surface area contributed by atoms with Crippen molar-refractivity contribution < 1.29 is 4.79 Å². The molecule has 0 aliphatic heterocycles. The molecule has 1 aromatic rings. The number of aromatic nitrogens is 1. The van der Waals surface area contributed by atoms with E-state index in [1.807, 2.05) is 0 Å². The van der Waals surface area contributed by atoms with E-state index in [-0.39, 0.29) is 11.2 Å². The molecule has 19 heavy (non-hydrogen) atoms. The molecule has 1 fully saturated rings. The maximum Gasteiger partial charge on any atom is 0.186 e. The molecule has 0 bridgehead atoms. The van der Waals surface area contributed by atoms with Crippen LogP contribution in [0.25, 0.3) is 0 Å². The number of rotatable bonds is 3. The topological polar surface area (TPSA) is 33.2 Å². The highest BCUT2D eigenvalue weighted by atomic mass is 32.1. The van der Waals surface area contributed by atoms with Crippen LogP contribution < -0.4 is 4.90 Å². The lowest BCUT2D eigenvalue weighted by Crippen LogP contribution is -2.30. The third-order valence-corrected chi connectivity index (χ3v) is 5.67. The lowest BCUT2D eigenvalue weighted by Gasteiger charge is -2.26. The van der Waals surface area contributed by atoms with Crippen molar-refractivity contribution in [3.05, 3.63) is 10.6 Å². The molecule has 4 heteroatoms. The Kier molecular flexibility index (Phi) is 2.97. The highest BCUT2D eigenvalue weighted by Crippen LogP contribution is 2.41. The molecule has 0 spiro atoms. The number of nitrogens with zero attached hydrogens (tertiary/aromatic N) is 2. The highest BCUT2D eigenvalue weighted by Gasteiger charge is 2.36. The van der Waals surface area contributed by atoms with E-state index in [0.717, 1.165) is 28.0 Å². The van der Waals surface area contributed by atoms with Crippen LogP contribution in [0.15, 0.2) is 0 Å². The van der Waals surface area contributed by atoms with Crippen LogP contribution in [0, 0.1) is 11.3 Å². The number of hydrogen-bond donors (Lipinski definition) is 0. The molecule has 0 N–H and O–H groups in total. The van der Waals surface area contributed by atoms with Crippen LogP contribution in [0.5, 0.6) is 0 Å². The summed E-state index contributed by atoms with van der Waals surface area (Å²) in [5.74, 6) is 1.10. The zero-order chi connectivity index (χ0) is 13.8. The van der Waals surface area contributed by atoms with Crippen molar-refractivity contribution in [2.45, 2.75) is 52.5 Å². The number of ketones is 1. The Hall–Kier alpha value is -0.900. The van der Waals surface area contributed by atoms with E-state index in [1.54, 1.807) is 11.3 Å². The standard InChI is InChI=1S/C15H22N2OS/c1-9(10-5-6-10)17(4)14-16-11-7-15(2,3)8-12(18)13(11)19-14/h9-10H,5-8H2,1-4H3. The summed E-state index contributed by atoms with van der Waals surface area (Å²) in [6.45, 7) is 6.58. The fourth-order valence-electron chi connectivity index (χ4n) is 2.93. The Morgan fingerprint density at radius 3 is 2.68 bits per heavy atom. The van der Waals surface area contributed by atoms with Gasteiger partial charge in [-0.1, -0.05) is 25.2 Å². The van der Waals surface area contributed by atoms with Crippen LogP contribution in [0.1, 0.15) is 55.4 Å². The number of hydrogen-bond acceptors (Lipinski definition) is 4. The SMILES string of the molecule is CC(C1CC1)N(C)c1nc2c(s1)C(=O)CC(C)(C)C2. The zero-order valence-corrected chi connectivity index (χ0v) is 13.0. The van der Waals surface area contributed by atoms with E-state index in [0.29, 0.717) is 12.5 Å². The first kappa shape index (κ1) is 13.1. The Bertz CT molecular complexity index is 516. The van der Waals surface area contributed by atoms with E-state index >= 15 is 0 Å². The monoisotopic (exact) mass is 278 g/mol. The molecule has 0 saturated heterocycles. The first-order chi connectivity index (χ1) is 8.87. The summed E-state index contributed by atoms with van der Waals surface area (Å²) in [6.07, 6.45) is 4.25. The summed E-state index contributed by atoms with van der Waals surface area (Å²) in [5, 5.41) is 1.02. The van der Waals surface area contributed by atoms with Crippen molar-refractivity contribution in [2.75, 3.05) is 11.9 Å². The molecule has 3 rings (SSSR count). The van der Waals surface area contributed by atoms with Gasteiger partial charge in [-0.15, -0.1) is 0 Å². The van der Waals surface area contributed by atoms with E-state index in [1.165, 1.54) is 12.8 Å². The minimum Gasteiger partial charge on any atom is -0.348 e. The number of carbonyl (C=O) groups is 1. The van der Waals surface area contributed by atoms with Gasteiger partial charge in [-0.25, -0.2) is 4.98 Å². The molecule has 1 heterocycles. The minimum atomic E-state index is 0.0656. The Morgan fingerprint density at radius 1 is 1.37 bits per heavy atom. The molecular weight excluding hydrogens is 256 g/mol. The quantitative estimate of drug-likeness (QED) is 0.848. The van der Waals surface area contributed by atoms with Crippen molar-refractivity contribution in [3.63, 3.8) is 0 Å². The van der Waals surface area contributed by atoms with Gasteiger partial charge in [-0.3, -0.25) is 4.79 Å². The second-order valence-corrected chi connectivity index (χ2v) is 7.88. The first-order valence-electron chi connectivity index (χ1n) is 7.13. The van der Waals surface area contributed by atoms with Crippen LogP contribution in [0.2, 0.25) is 0 Å². The van der Waals surface area contributed by atoms with Gasteiger partial charge in [0.15, 0.2) is 10.9 Å². The number of thiazole rings is 1. The molecular formula is C15H22N2OS. The number of carbonyl (C=O) groups excluding carboxylic acids is 1. The normalized spacial score (nSPS) is 23.1. The lowest BCUT2D eigenvalue weighted by atomic mass is 9.78. The largest absolute Gasteiger partial charge is 0.348 e. The molecule has 1 atom stereocenters. The molecule has 2 aliphatic carbocycles. The van der Waals surface area contributed by atoms with Crippen LogP contribution in [-0.4, -0.2) is 23.9 Å². The van der Waals surface area contributed by atoms with E-state index in [4.69, 9.17) is 4.98 Å². The summed E-state index contributed by atoms with van der Waals surface area (Å²) >= 11 is 1.59. The molecule has 0 radical (unpaired) electrons. The number of anilines is 1. The van der Waals surface area contributed by atoms with Gasteiger partial charge >= 0.3 is 0 Å². The molecule has 1 aromatic heterocycles. The fourth-order valence-corrected chi connectivity index (χ4v) is 4.00. The Labute approximate surface area is 119 Å². The Morgan fingerprint density at radius 2 is 2.05 bits per heavy atom. The van der Waals surface area contributed by atoms with Crippen molar-refractivity contribution in [1.82, 2.24) is 4.98 Å². The predicted octanol–water partition coefficient (Wildman–Crippen LogP) is 3.53. The minimum absolute atomic E-state index is 0.0656. The second kappa shape index (κ2) is 4.30. The van der Waals surface area contributed by atoms with Crippen molar-refractivity contribution in [2.24, 2.45) is 11.3 Å². The molecule has 2 aliphatic rings. The van der Waals surface area contributed by atoms with Gasteiger partial charge in [-0.2, -0.15) is 0 Å². The molecule has 104 valence electrons. The van der Waals surface area contributed by atoms with Gasteiger partial charge in [0, 0.05) is 19.5 Å².